The first kappa shape index (κ1) is 18.8. The van der Waals surface area contributed by atoms with Crippen LogP contribution in [0, 0.1) is 18.8 Å². The first-order valence-corrected chi connectivity index (χ1v) is 11.0. The summed E-state index contributed by atoms with van der Waals surface area (Å²) in [7, 11) is 0. The third kappa shape index (κ3) is 3.59. The van der Waals surface area contributed by atoms with Gasteiger partial charge in [0.1, 0.15) is 0 Å². The highest BCUT2D eigenvalue weighted by atomic mass is 16.5. The number of aryl methyl sites for hydroxylation is 1. The van der Waals surface area contributed by atoms with Gasteiger partial charge in [-0.3, -0.25) is 9.69 Å². The summed E-state index contributed by atoms with van der Waals surface area (Å²) in [5, 5.41) is 7.45. The number of rotatable bonds is 5. The number of hydrogen-bond donors (Lipinski definition) is 1. The minimum atomic E-state index is -0.149. The van der Waals surface area contributed by atoms with Crippen LogP contribution in [0.3, 0.4) is 0 Å². The van der Waals surface area contributed by atoms with Crippen LogP contribution in [0.25, 0.3) is 0 Å². The topological polar surface area (TPSA) is 71.3 Å². The van der Waals surface area contributed by atoms with Gasteiger partial charge in [0.25, 0.3) is 0 Å². The van der Waals surface area contributed by atoms with Crippen LogP contribution in [0.15, 0.2) is 34.9 Å². The molecule has 2 heterocycles. The normalized spacial score (nSPS) is 30.0. The monoisotopic (exact) mass is 394 g/mol. The summed E-state index contributed by atoms with van der Waals surface area (Å²) in [4.78, 5) is 19.8. The van der Waals surface area contributed by atoms with Gasteiger partial charge in [-0.25, -0.2) is 0 Å². The molecule has 3 fully saturated rings. The van der Waals surface area contributed by atoms with E-state index in [0.29, 0.717) is 11.7 Å². The van der Waals surface area contributed by atoms with E-state index in [9.17, 15) is 4.79 Å². The van der Waals surface area contributed by atoms with E-state index in [4.69, 9.17) is 4.52 Å². The summed E-state index contributed by atoms with van der Waals surface area (Å²) in [5.41, 5.74) is 1.18. The Morgan fingerprint density at radius 1 is 1.28 bits per heavy atom. The molecule has 154 valence electrons. The molecule has 5 rings (SSSR count). The number of carbonyl (C=O) groups is 1. The Bertz CT molecular complexity index is 861. The first-order valence-electron chi connectivity index (χ1n) is 11.0. The van der Waals surface area contributed by atoms with E-state index in [0.717, 1.165) is 51.2 Å². The second-order valence-corrected chi connectivity index (χ2v) is 9.28. The molecule has 1 aliphatic heterocycles. The zero-order valence-corrected chi connectivity index (χ0v) is 17.1. The van der Waals surface area contributed by atoms with Crippen molar-refractivity contribution in [1.82, 2.24) is 20.4 Å². The summed E-state index contributed by atoms with van der Waals surface area (Å²) < 4.78 is 5.70. The lowest BCUT2D eigenvalue weighted by Crippen LogP contribution is -2.40. The van der Waals surface area contributed by atoms with E-state index in [1.165, 1.54) is 18.4 Å². The predicted octanol–water partition coefficient (Wildman–Crippen LogP) is 3.22. The van der Waals surface area contributed by atoms with Crippen molar-refractivity contribution in [2.45, 2.75) is 63.5 Å². The zero-order chi connectivity index (χ0) is 19.8. The highest BCUT2D eigenvalue weighted by molar-refractivity contribution is 5.79. The lowest BCUT2D eigenvalue weighted by atomic mass is 9.80. The molecule has 6 heteroatoms. The molecule has 1 N–H and O–H groups in total. The van der Waals surface area contributed by atoms with Gasteiger partial charge < -0.3 is 9.84 Å². The summed E-state index contributed by atoms with van der Waals surface area (Å²) in [5.74, 6) is 2.35. The van der Waals surface area contributed by atoms with E-state index in [1.807, 2.05) is 6.92 Å². The molecule has 0 unspecified atom stereocenters. The summed E-state index contributed by atoms with van der Waals surface area (Å²) in [6.45, 7) is 4.73. The SMILES string of the molecule is Cc1noc([C@]23C[C@H](NC(=O)C4CCCC4)C[C@H]2CN(Cc2ccccc2)C3)n1. The fourth-order valence-electron chi connectivity index (χ4n) is 5.88. The van der Waals surface area contributed by atoms with Crippen molar-refractivity contribution in [2.24, 2.45) is 11.8 Å². The Labute approximate surface area is 172 Å². The average molecular weight is 395 g/mol. The molecule has 1 amide bonds. The molecule has 3 atom stereocenters. The Morgan fingerprint density at radius 2 is 2.07 bits per heavy atom. The molecule has 1 aromatic carbocycles. The number of benzene rings is 1. The fourth-order valence-corrected chi connectivity index (χ4v) is 5.88. The third-order valence-electron chi connectivity index (χ3n) is 7.22. The van der Waals surface area contributed by atoms with E-state index in [2.05, 4.69) is 50.7 Å². The number of fused-ring (bicyclic) bond motifs is 1. The number of nitrogens with zero attached hydrogens (tertiary/aromatic N) is 3. The van der Waals surface area contributed by atoms with Gasteiger partial charge >= 0.3 is 0 Å². The maximum absolute atomic E-state index is 12.7. The number of carbonyl (C=O) groups excluding carboxylic acids is 1. The van der Waals surface area contributed by atoms with Crippen LogP contribution in [0.4, 0.5) is 0 Å². The van der Waals surface area contributed by atoms with Crippen molar-refractivity contribution >= 4 is 5.91 Å². The van der Waals surface area contributed by atoms with Crippen LogP contribution in [0.5, 0.6) is 0 Å². The van der Waals surface area contributed by atoms with Gasteiger partial charge in [0.15, 0.2) is 5.82 Å². The predicted molar refractivity (Wildman–Crippen MR) is 109 cm³/mol. The average Bonchev–Trinajstić information content (AvgIpc) is 3.46. The van der Waals surface area contributed by atoms with Crippen LogP contribution in [0.1, 0.15) is 55.8 Å². The third-order valence-corrected chi connectivity index (χ3v) is 7.22. The molecule has 2 saturated carbocycles. The van der Waals surface area contributed by atoms with Crippen molar-refractivity contribution in [3.8, 4) is 0 Å². The van der Waals surface area contributed by atoms with Crippen LogP contribution in [-0.4, -0.2) is 40.1 Å². The highest BCUT2D eigenvalue weighted by Crippen LogP contribution is 2.50. The molecule has 0 radical (unpaired) electrons. The van der Waals surface area contributed by atoms with Gasteiger partial charge in [0.05, 0.1) is 5.41 Å². The molecule has 2 aromatic rings. The van der Waals surface area contributed by atoms with Crippen LogP contribution in [-0.2, 0) is 16.8 Å². The van der Waals surface area contributed by atoms with Crippen molar-refractivity contribution in [2.75, 3.05) is 13.1 Å². The molecule has 2 aliphatic carbocycles. The maximum Gasteiger partial charge on any atom is 0.234 e. The van der Waals surface area contributed by atoms with Gasteiger partial charge in [0, 0.05) is 31.6 Å². The molecule has 3 aliphatic rings. The molecular weight excluding hydrogens is 364 g/mol. The standard InChI is InChI=1S/C23H30N4O2/c1-16-24-22(29-26-16)23-12-20(25-21(28)18-9-5-6-10-18)11-19(23)14-27(15-23)13-17-7-3-2-4-8-17/h2-4,7-8,18-20H,5-6,9-15H2,1H3,(H,25,28)/t19-,20+,23-/m0/s1. The highest BCUT2D eigenvalue weighted by Gasteiger charge is 2.57. The Balaban J connectivity index is 1.33. The summed E-state index contributed by atoms with van der Waals surface area (Å²) in [6, 6.07) is 10.8. The van der Waals surface area contributed by atoms with Crippen LogP contribution in [0.2, 0.25) is 0 Å². The quantitative estimate of drug-likeness (QED) is 0.843. The van der Waals surface area contributed by atoms with Gasteiger partial charge in [0.2, 0.25) is 11.8 Å². The van der Waals surface area contributed by atoms with E-state index in [-0.39, 0.29) is 23.3 Å². The van der Waals surface area contributed by atoms with Crippen molar-refractivity contribution in [3.63, 3.8) is 0 Å². The number of hydrogen-bond acceptors (Lipinski definition) is 5. The van der Waals surface area contributed by atoms with Crippen molar-refractivity contribution in [1.29, 1.82) is 0 Å². The Kier molecular flexibility index (Phi) is 4.90. The van der Waals surface area contributed by atoms with E-state index >= 15 is 0 Å². The van der Waals surface area contributed by atoms with Crippen molar-refractivity contribution < 1.29 is 9.32 Å². The molecule has 0 spiro atoms. The van der Waals surface area contributed by atoms with Crippen LogP contribution >= 0.6 is 0 Å². The van der Waals surface area contributed by atoms with Gasteiger partial charge in [-0.05, 0) is 44.1 Å². The van der Waals surface area contributed by atoms with Gasteiger partial charge in [-0.2, -0.15) is 4.98 Å². The molecular formula is C23H30N4O2. The molecule has 1 saturated heterocycles. The number of amides is 1. The zero-order valence-electron chi connectivity index (χ0n) is 17.1. The van der Waals surface area contributed by atoms with E-state index < -0.39 is 0 Å². The maximum atomic E-state index is 12.7. The largest absolute Gasteiger partial charge is 0.353 e. The second-order valence-electron chi connectivity index (χ2n) is 9.28. The lowest BCUT2D eigenvalue weighted by Gasteiger charge is -2.26. The Morgan fingerprint density at radius 3 is 2.79 bits per heavy atom. The van der Waals surface area contributed by atoms with E-state index in [1.54, 1.807) is 0 Å². The fraction of sp³-hybridized carbons (Fsp3) is 0.609. The first-order chi connectivity index (χ1) is 14.1. The lowest BCUT2D eigenvalue weighted by molar-refractivity contribution is -0.125. The smallest absolute Gasteiger partial charge is 0.234 e. The molecule has 1 aromatic heterocycles. The second kappa shape index (κ2) is 7.56. The summed E-state index contributed by atoms with van der Waals surface area (Å²) in [6.07, 6.45) is 6.34. The van der Waals surface area contributed by atoms with Crippen LogP contribution < -0.4 is 5.32 Å². The minimum absolute atomic E-state index is 0.149. The number of nitrogens with one attached hydrogen (secondary N) is 1. The molecule has 6 nitrogen and oxygen atoms in total. The summed E-state index contributed by atoms with van der Waals surface area (Å²) >= 11 is 0. The molecule has 0 bridgehead atoms. The minimum Gasteiger partial charge on any atom is -0.353 e. The molecule has 29 heavy (non-hydrogen) atoms. The van der Waals surface area contributed by atoms with Gasteiger partial charge in [-0.15, -0.1) is 0 Å². The Hall–Kier alpha value is -2.21. The van der Waals surface area contributed by atoms with Gasteiger partial charge in [-0.1, -0.05) is 48.3 Å². The van der Waals surface area contributed by atoms with Crippen molar-refractivity contribution in [3.05, 3.63) is 47.6 Å². The number of likely N-dealkylation sites (tertiary alicyclic amines) is 1. The number of aromatic nitrogens is 2.